The van der Waals surface area contributed by atoms with Crippen molar-refractivity contribution in [3.63, 3.8) is 0 Å². The van der Waals surface area contributed by atoms with Gasteiger partial charge < -0.3 is 14.2 Å². The number of benzene rings is 1. The largest absolute Gasteiger partial charge is 0.493 e. The van der Waals surface area contributed by atoms with Crippen molar-refractivity contribution in [1.29, 1.82) is 0 Å². The van der Waals surface area contributed by atoms with Crippen molar-refractivity contribution in [3.8, 4) is 17.2 Å². The van der Waals surface area contributed by atoms with Gasteiger partial charge in [0.05, 0.1) is 25.3 Å². The van der Waals surface area contributed by atoms with Crippen LogP contribution in [0.15, 0.2) is 47.9 Å². The molecule has 0 bridgehead atoms. The minimum atomic E-state index is -0.111. The molecule has 1 aromatic carbocycles. The van der Waals surface area contributed by atoms with E-state index in [0.717, 1.165) is 5.39 Å². The lowest BCUT2D eigenvalue weighted by Crippen LogP contribution is -2.09. The molecule has 0 unspecified atom stereocenters. The molecule has 0 saturated carbocycles. The molecule has 1 heterocycles. The zero-order valence-electron chi connectivity index (χ0n) is 18.2. The fourth-order valence-corrected chi connectivity index (χ4v) is 2.79. The van der Waals surface area contributed by atoms with E-state index in [9.17, 15) is 4.79 Å². The second-order valence-electron chi connectivity index (χ2n) is 6.24. The van der Waals surface area contributed by atoms with Crippen LogP contribution in [0.25, 0.3) is 10.9 Å². The number of fused-ring (bicyclic) bond motifs is 1. The summed E-state index contributed by atoms with van der Waals surface area (Å²) < 4.78 is 16.9. The van der Waals surface area contributed by atoms with E-state index in [-0.39, 0.29) is 17.6 Å². The van der Waals surface area contributed by atoms with Crippen LogP contribution < -0.4 is 14.2 Å². The van der Waals surface area contributed by atoms with Crippen molar-refractivity contribution in [2.24, 2.45) is 5.92 Å². The molecule has 0 saturated heterocycles. The maximum Gasteiger partial charge on any atom is 0.163 e. The Labute approximate surface area is 178 Å². The van der Waals surface area contributed by atoms with Gasteiger partial charge in [-0.25, -0.2) is 0 Å². The lowest BCUT2D eigenvalue weighted by molar-refractivity contribution is -0.113. The van der Waals surface area contributed by atoms with Gasteiger partial charge in [-0.3, -0.25) is 9.78 Å². The fourth-order valence-electron chi connectivity index (χ4n) is 2.63. The Morgan fingerprint density at radius 1 is 1.14 bits per heavy atom. The average Bonchev–Trinajstić information content (AvgIpc) is 2.71. The zero-order valence-corrected chi connectivity index (χ0v) is 19.0. The molecule has 6 heteroatoms. The number of hydrogen-bond acceptors (Lipinski definition) is 5. The van der Waals surface area contributed by atoms with Crippen molar-refractivity contribution < 1.29 is 19.0 Å². The van der Waals surface area contributed by atoms with Crippen LogP contribution >= 0.6 is 11.6 Å². The van der Waals surface area contributed by atoms with Crippen LogP contribution in [0.1, 0.15) is 34.6 Å². The van der Waals surface area contributed by atoms with Gasteiger partial charge in [-0.2, -0.15) is 0 Å². The third-order valence-electron chi connectivity index (χ3n) is 3.84. The second kappa shape index (κ2) is 12.1. The highest BCUT2D eigenvalue weighted by molar-refractivity contribution is 6.19. The number of allylic oxidation sites excluding steroid dienone is 3. The SMILES string of the molecule is CC.COc1cc2nccc(OC(=C/C(C)C)/C(=C\CCl)C(C)=O)c2cc1OC. The molecule has 2 aromatic rings. The van der Waals surface area contributed by atoms with Gasteiger partial charge in [-0.1, -0.05) is 33.8 Å². The maximum absolute atomic E-state index is 12.1. The molecule has 0 aliphatic carbocycles. The summed E-state index contributed by atoms with van der Waals surface area (Å²) in [7, 11) is 3.14. The number of methoxy groups -OCH3 is 2. The zero-order chi connectivity index (χ0) is 22.0. The molecule has 0 aliphatic rings. The van der Waals surface area contributed by atoms with Crippen LogP contribution in [0.5, 0.6) is 17.2 Å². The number of halogens is 1. The van der Waals surface area contributed by atoms with Crippen LogP contribution in [0.3, 0.4) is 0 Å². The predicted octanol–water partition coefficient (Wildman–Crippen LogP) is 5.95. The summed E-state index contributed by atoms with van der Waals surface area (Å²) in [5.41, 5.74) is 1.14. The molecule has 2 rings (SSSR count). The molecule has 0 N–H and O–H groups in total. The molecule has 0 radical (unpaired) electrons. The minimum Gasteiger partial charge on any atom is -0.493 e. The van der Waals surface area contributed by atoms with E-state index in [4.69, 9.17) is 25.8 Å². The van der Waals surface area contributed by atoms with E-state index >= 15 is 0 Å². The molecular weight excluding hydrogens is 390 g/mol. The fraction of sp³-hybridized carbons (Fsp3) is 0.391. The van der Waals surface area contributed by atoms with Gasteiger partial charge in [0.15, 0.2) is 17.3 Å². The van der Waals surface area contributed by atoms with Gasteiger partial charge in [0.2, 0.25) is 0 Å². The van der Waals surface area contributed by atoms with Gasteiger partial charge in [0.1, 0.15) is 11.5 Å². The molecule has 29 heavy (non-hydrogen) atoms. The Kier molecular flexibility index (Phi) is 10.2. The number of nitrogens with zero attached hydrogens (tertiary/aromatic N) is 1. The summed E-state index contributed by atoms with van der Waals surface area (Å²) in [5, 5.41) is 0.749. The molecule has 0 atom stereocenters. The molecule has 1 aromatic heterocycles. The Morgan fingerprint density at radius 3 is 2.28 bits per heavy atom. The van der Waals surface area contributed by atoms with Crippen molar-refractivity contribution in [1.82, 2.24) is 4.98 Å². The van der Waals surface area contributed by atoms with Crippen LogP contribution in [-0.4, -0.2) is 30.9 Å². The van der Waals surface area contributed by atoms with E-state index in [1.165, 1.54) is 6.92 Å². The smallest absolute Gasteiger partial charge is 0.163 e. The van der Waals surface area contributed by atoms with E-state index < -0.39 is 0 Å². The van der Waals surface area contributed by atoms with Crippen molar-refractivity contribution in [2.75, 3.05) is 20.1 Å². The van der Waals surface area contributed by atoms with Gasteiger partial charge in [0.25, 0.3) is 0 Å². The molecule has 0 aliphatic heterocycles. The van der Waals surface area contributed by atoms with Crippen LogP contribution in [0.4, 0.5) is 0 Å². The highest BCUT2D eigenvalue weighted by atomic mass is 35.5. The summed E-state index contributed by atoms with van der Waals surface area (Å²) in [6, 6.07) is 5.34. The molecule has 0 fully saturated rings. The topological polar surface area (TPSA) is 57.7 Å². The molecular formula is C23H30ClNO4. The van der Waals surface area contributed by atoms with Gasteiger partial charge in [0, 0.05) is 23.5 Å². The quantitative estimate of drug-likeness (QED) is 0.229. The number of Topliss-reactive ketones (excluding diaryl/α,β-unsaturated/α-hetero) is 1. The van der Waals surface area contributed by atoms with E-state index in [1.54, 1.807) is 38.6 Å². The number of carbonyl (C=O) groups excluding carboxylic acids is 1. The Bertz CT molecular complexity index is 888. The van der Waals surface area contributed by atoms with Crippen LogP contribution in [0, 0.1) is 5.92 Å². The number of ether oxygens (including phenoxy) is 3. The van der Waals surface area contributed by atoms with Gasteiger partial charge in [-0.05, 0) is 31.1 Å². The number of pyridine rings is 1. The Hall–Kier alpha value is -2.53. The number of carbonyl (C=O) groups is 1. The number of hydrogen-bond donors (Lipinski definition) is 0. The standard InChI is InChI=1S/C21H24ClNO4.C2H6/c1-13(2)10-19(15(6-8-22)14(3)24)27-18-7-9-23-17-12-21(26-5)20(25-4)11-16(17)18;1-2/h6-7,9-13H,8H2,1-5H3;1-2H3/b15-6-,19-10+;. The van der Waals surface area contributed by atoms with Crippen molar-refractivity contribution in [3.05, 3.63) is 47.9 Å². The number of alkyl halides is 1. The van der Waals surface area contributed by atoms with Crippen molar-refractivity contribution in [2.45, 2.75) is 34.6 Å². The number of rotatable bonds is 8. The van der Waals surface area contributed by atoms with E-state index in [0.29, 0.717) is 34.1 Å². The summed E-state index contributed by atoms with van der Waals surface area (Å²) in [6.45, 7) is 9.52. The molecule has 158 valence electrons. The third-order valence-corrected chi connectivity index (χ3v) is 3.99. The predicted molar refractivity (Wildman–Crippen MR) is 119 cm³/mol. The normalized spacial score (nSPS) is 11.8. The van der Waals surface area contributed by atoms with E-state index in [1.807, 2.05) is 39.8 Å². The first-order valence-electron chi connectivity index (χ1n) is 9.59. The van der Waals surface area contributed by atoms with Crippen LogP contribution in [-0.2, 0) is 4.79 Å². The average molecular weight is 420 g/mol. The summed E-state index contributed by atoms with van der Waals surface area (Å²) in [5.74, 6) is 2.48. The monoisotopic (exact) mass is 419 g/mol. The van der Waals surface area contributed by atoms with Crippen molar-refractivity contribution >= 4 is 28.3 Å². The molecule has 5 nitrogen and oxygen atoms in total. The lowest BCUT2D eigenvalue weighted by Gasteiger charge is -2.16. The Balaban J connectivity index is 0.00000204. The maximum atomic E-state index is 12.1. The first kappa shape index (κ1) is 24.5. The number of ketones is 1. The second-order valence-corrected chi connectivity index (χ2v) is 6.55. The Morgan fingerprint density at radius 2 is 1.76 bits per heavy atom. The molecule has 0 amide bonds. The summed E-state index contributed by atoms with van der Waals surface area (Å²) in [4.78, 5) is 16.5. The summed E-state index contributed by atoms with van der Waals surface area (Å²) >= 11 is 5.84. The highest BCUT2D eigenvalue weighted by Gasteiger charge is 2.16. The highest BCUT2D eigenvalue weighted by Crippen LogP contribution is 2.36. The van der Waals surface area contributed by atoms with Gasteiger partial charge >= 0.3 is 0 Å². The van der Waals surface area contributed by atoms with Crippen LogP contribution in [0.2, 0.25) is 0 Å². The lowest BCUT2D eigenvalue weighted by atomic mass is 10.1. The third kappa shape index (κ3) is 6.50. The minimum absolute atomic E-state index is 0.111. The first-order chi connectivity index (χ1) is 13.9. The first-order valence-corrected chi connectivity index (χ1v) is 10.1. The molecule has 0 spiro atoms. The summed E-state index contributed by atoms with van der Waals surface area (Å²) in [6.07, 6.45) is 5.20. The number of aromatic nitrogens is 1. The van der Waals surface area contributed by atoms with E-state index in [2.05, 4.69) is 4.98 Å². The van der Waals surface area contributed by atoms with Gasteiger partial charge in [-0.15, -0.1) is 11.6 Å².